The first-order valence-electron chi connectivity index (χ1n) is 8.85. The number of carbonyl (C=O) groups excluding carboxylic acids is 1. The molecule has 2 aliphatic rings. The SMILES string of the molecule is Cc1cccc(C2(C(=O)Nc3ccc(N4CCOCC4)nc3)CC2)c1. The van der Waals surface area contributed by atoms with E-state index in [0.717, 1.165) is 56.2 Å². The molecule has 1 N–H and O–H groups in total. The maximum absolute atomic E-state index is 12.8. The van der Waals surface area contributed by atoms with E-state index in [4.69, 9.17) is 4.74 Å². The van der Waals surface area contributed by atoms with Gasteiger partial charge in [-0.3, -0.25) is 4.79 Å². The second kappa shape index (κ2) is 6.48. The van der Waals surface area contributed by atoms with Crippen LogP contribution in [0.15, 0.2) is 42.6 Å². The van der Waals surface area contributed by atoms with Crippen molar-refractivity contribution >= 4 is 17.4 Å². The summed E-state index contributed by atoms with van der Waals surface area (Å²) in [6.07, 6.45) is 3.55. The van der Waals surface area contributed by atoms with Gasteiger partial charge in [0.15, 0.2) is 0 Å². The number of aryl methyl sites for hydroxylation is 1. The standard InChI is InChI=1S/C20H23N3O2/c1-15-3-2-4-16(13-15)20(7-8-20)19(24)22-17-5-6-18(21-14-17)23-9-11-25-12-10-23/h2-6,13-14H,7-12H2,1H3,(H,22,24). The van der Waals surface area contributed by atoms with Crippen LogP contribution in [0, 0.1) is 6.92 Å². The third-order valence-electron chi connectivity index (χ3n) is 5.10. The molecule has 0 atom stereocenters. The third kappa shape index (κ3) is 3.24. The van der Waals surface area contributed by atoms with Crippen LogP contribution in [-0.2, 0) is 14.9 Å². The number of morpholine rings is 1. The molecule has 5 nitrogen and oxygen atoms in total. The van der Waals surface area contributed by atoms with Crippen molar-refractivity contribution in [2.24, 2.45) is 0 Å². The molecule has 1 amide bonds. The monoisotopic (exact) mass is 337 g/mol. The van der Waals surface area contributed by atoms with Crippen molar-refractivity contribution in [2.45, 2.75) is 25.2 Å². The minimum absolute atomic E-state index is 0.0685. The number of benzene rings is 1. The number of aromatic nitrogens is 1. The molecule has 1 aliphatic heterocycles. The van der Waals surface area contributed by atoms with Crippen LogP contribution >= 0.6 is 0 Å². The first-order chi connectivity index (χ1) is 12.2. The molecule has 1 saturated carbocycles. The number of ether oxygens (including phenoxy) is 1. The number of rotatable bonds is 4. The lowest BCUT2D eigenvalue weighted by molar-refractivity contribution is -0.118. The molecule has 4 rings (SSSR count). The highest BCUT2D eigenvalue weighted by Gasteiger charge is 2.51. The summed E-state index contributed by atoms with van der Waals surface area (Å²) in [6.45, 7) is 5.24. The molecule has 1 saturated heterocycles. The zero-order valence-electron chi connectivity index (χ0n) is 14.5. The van der Waals surface area contributed by atoms with Crippen LogP contribution < -0.4 is 10.2 Å². The van der Waals surface area contributed by atoms with Crippen LogP contribution in [0.25, 0.3) is 0 Å². The highest BCUT2D eigenvalue weighted by molar-refractivity contribution is 6.01. The van der Waals surface area contributed by atoms with Gasteiger partial charge in [-0.05, 0) is 37.5 Å². The Morgan fingerprint density at radius 3 is 2.64 bits per heavy atom. The molecule has 1 aromatic carbocycles. The first-order valence-corrected chi connectivity index (χ1v) is 8.85. The van der Waals surface area contributed by atoms with Crippen LogP contribution in [-0.4, -0.2) is 37.2 Å². The minimum atomic E-state index is -0.366. The lowest BCUT2D eigenvalue weighted by Crippen LogP contribution is -2.36. The van der Waals surface area contributed by atoms with Crippen LogP contribution in [0.1, 0.15) is 24.0 Å². The number of pyridine rings is 1. The van der Waals surface area contributed by atoms with Gasteiger partial charge in [0.05, 0.1) is 30.5 Å². The van der Waals surface area contributed by atoms with E-state index in [2.05, 4.69) is 40.3 Å². The number of hydrogen-bond acceptors (Lipinski definition) is 4. The Morgan fingerprint density at radius 2 is 2.00 bits per heavy atom. The second-order valence-electron chi connectivity index (χ2n) is 6.91. The molecule has 2 aromatic rings. The molecule has 0 radical (unpaired) electrons. The van der Waals surface area contributed by atoms with E-state index in [1.54, 1.807) is 6.20 Å². The van der Waals surface area contributed by atoms with Crippen LogP contribution in [0.2, 0.25) is 0 Å². The summed E-state index contributed by atoms with van der Waals surface area (Å²) in [5.74, 6) is 1.00. The average molecular weight is 337 g/mol. The molecule has 1 aliphatic carbocycles. The third-order valence-corrected chi connectivity index (χ3v) is 5.10. The fraction of sp³-hybridized carbons (Fsp3) is 0.400. The molecule has 25 heavy (non-hydrogen) atoms. The molecule has 0 spiro atoms. The second-order valence-corrected chi connectivity index (χ2v) is 6.91. The number of nitrogens with one attached hydrogen (secondary N) is 1. The molecule has 0 bridgehead atoms. The Balaban J connectivity index is 1.46. The van der Waals surface area contributed by atoms with E-state index in [1.807, 2.05) is 18.2 Å². The van der Waals surface area contributed by atoms with Gasteiger partial charge in [-0.2, -0.15) is 0 Å². The quantitative estimate of drug-likeness (QED) is 0.932. The maximum atomic E-state index is 12.8. The summed E-state index contributed by atoms with van der Waals surface area (Å²) in [4.78, 5) is 19.5. The molecular weight excluding hydrogens is 314 g/mol. The van der Waals surface area contributed by atoms with Crippen LogP contribution in [0.5, 0.6) is 0 Å². The van der Waals surface area contributed by atoms with Crippen molar-refractivity contribution in [1.29, 1.82) is 0 Å². The lowest BCUT2D eigenvalue weighted by Gasteiger charge is -2.27. The van der Waals surface area contributed by atoms with E-state index in [-0.39, 0.29) is 11.3 Å². The molecule has 0 unspecified atom stereocenters. The van der Waals surface area contributed by atoms with E-state index < -0.39 is 0 Å². The number of carbonyl (C=O) groups is 1. The van der Waals surface area contributed by atoms with Crippen molar-refractivity contribution < 1.29 is 9.53 Å². The largest absolute Gasteiger partial charge is 0.378 e. The van der Waals surface area contributed by atoms with Gasteiger partial charge in [0.25, 0.3) is 0 Å². The highest BCUT2D eigenvalue weighted by Crippen LogP contribution is 2.49. The molecular formula is C20H23N3O2. The van der Waals surface area contributed by atoms with Gasteiger partial charge in [-0.25, -0.2) is 4.98 Å². The zero-order valence-corrected chi connectivity index (χ0v) is 14.5. The molecule has 2 heterocycles. The Hall–Kier alpha value is -2.40. The van der Waals surface area contributed by atoms with Gasteiger partial charge in [-0.1, -0.05) is 29.8 Å². The van der Waals surface area contributed by atoms with Crippen molar-refractivity contribution in [3.05, 3.63) is 53.7 Å². The van der Waals surface area contributed by atoms with E-state index in [1.165, 1.54) is 5.56 Å². The fourth-order valence-electron chi connectivity index (χ4n) is 3.40. The Morgan fingerprint density at radius 1 is 1.20 bits per heavy atom. The molecule has 130 valence electrons. The summed E-state index contributed by atoms with van der Waals surface area (Å²) >= 11 is 0. The lowest BCUT2D eigenvalue weighted by atomic mass is 9.93. The van der Waals surface area contributed by atoms with Crippen molar-refractivity contribution in [3.63, 3.8) is 0 Å². The van der Waals surface area contributed by atoms with Gasteiger partial charge in [0.2, 0.25) is 5.91 Å². The Kier molecular flexibility index (Phi) is 4.17. The summed E-state index contributed by atoms with van der Waals surface area (Å²) in [7, 11) is 0. The first kappa shape index (κ1) is 16.1. The predicted octanol–water partition coefficient (Wildman–Crippen LogP) is 2.90. The number of anilines is 2. The Bertz CT molecular complexity index is 763. The van der Waals surface area contributed by atoms with Crippen molar-refractivity contribution in [1.82, 2.24) is 4.98 Å². The van der Waals surface area contributed by atoms with Gasteiger partial charge >= 0.3 is 0 Å². The summed E-state index contributed by atoms with van der Waals surface area (Å²) in [5, 5.41) is 3.05. The minimum Gasteiger partial charge on any atom is -0.378 e. The topological polar surface area (TPSA) is 54.5 Å². The summed E-state index contributed by atoms with van der Waals surface area (Å²) in [5.41, 5.74) is 2.69. The number of nitrogens with zero attached hydrogens (tertiary/aromatic N) is 2. The maximum Gasteiger partial charge on any atom is 0.235 e. The normalized spacial score (nSPS) is 18.7. The van der Waals surface area contributed by atoms with Gasteiger partial charge in [-0.15, -0.1) is 0 Å². The molecule has 1 aromatic heterocycles. The van der Waals surface area contributed by atoms with Gasteiger partial charge in [0.1, 0.15) is 5.82 Å². The van der Waals surface area contributed by atoms with Gasteiger partial charge in [0, 0.05) is 13.1 Å². The average Bonchev–Trinajstić information content (AvgIpc) is 3.45. The van der Waals surface area contributed by atoms with Crippen molar-refractivity contribution in [3.8, 4) is 0 Å². The number of hydrogen-bond donors (Lipinski definition) is 1. The van der Waals surface area contributed by atoms with Crippen molar-refractivity contribution in [2.75, 3.05) is 36.5 Å². The fourth-order valence-corrected chi connectivity index (χ4v) is 3.40. The smallest absolute Gasteiger partial charge is 0.235 e. The summed E-state index contributed by atoms with van der Waals surface area (Å²) in [6, 6.07) is 12.2. The van der Waals surface area contributed by atoms with Crippen LogP contribution in [0.3, 0.4) is 0 Å². The molecule has 5 heteroatoms. The molecule has 2 fully saturated rings. The van der Waals surface area contributed by atoms with E-state index in [0.29, 0.717) is 0 Å². The van der Waals surface area contributed by atoms with Gasteiger partial charge < -0.3 is 15.0 Å². The highest BCUT2D eigenvalue weighted by atomic mass is 16.5. The predicted molar refractivity (Wildman–Crippen MR) is 98.0 cm³/mol. The zero-order chi connectivity index (χ0) is 17.3. The number of amides is 1. The Labute approximate surface area is 148 Å². The summed E-state index contributed by atoms with van der Waals surface area (Å²) < 4.78 is 5.37. The van der Waals surface area contributed by atoms with E-state index in [9.17, 15) is 4.79 Å². The van der Waals surface area contributed by atoms with E-state index >= 15 is 0 Å². The van der Waals surface area contributed by atoms with Crippen LogP contribution in [0.4, 0.5) is 11.5 Å².